The first kappa shape index (κ1) is 9.17. The van der Waals surface area contributed by atoms with Crippen LogP contribution >= 0.6 is 0 Å². The number of hydrogen-bond donors (Lipinski definition) is 1. The van der Waals surface area contributed by atoms with Gasteiger partial charge in [0.25, 0.3) is 0 Å². The van der Waals surface area contributed by atoms with E-state index < -0.39 is 11.5 Å². The first-order valence-corrected chi connectivity index (χ1v) is 4.52. The Bertz CT molecular complexity index is 391. The second-order valence-electron chi connectivity index (χ2n) is 3.74. The molecule has 1 aromatic rings. The molecule has 1 fully saturated rings. The van der Waals surface area contributed by atoms with Crippen molar-refractivity contribution in [3.05, 3.63) is 35.6 Å². The third-order valence-corrected chi connectivity index (χ3v) is 2.77. The SMILES string of the molecule is N#CC1(c2ccccc2F)CC(O)C1. The zero-order valence-electron chi connectivity index (χ0n) is 7.57. The molecule has 0 saturated heterocycles. The van der Waals surface area contributed by atoms with Crippen LogP contribution < -0.4 is 0 Å². The van der Waals surface area contributed by atoms with Crippen LogP contribution in [0.3, 0.4) is 0 Å². The highest BCUT2D eigenvalue weighted by molar-refractivity contribution is 5.37. The van der Waals surface area contributed by atoms with Crippen LogP contribution in [0, 0.1) is 17.1 Å². The van der Waals surface area contributed by atoms with E-state index in [9.17, 15) is 9.50 Å². The van der Waals surface area contributed by atoms with Crippen molar-refractivity contribution in [1.29, 1.82) is 5.26 Å². The van der Waals surface area contributed by atoms with Gasteiger partial charge in [0, 0.05) is 5.56 Å². The molecule has 0 atom stereocenters. The number of aliphatic hydroxyl groups is 1. The summed E-state index contributed by atoms with van der Waals surface area (Å²) in [6.07, 6.45) is 0.212. The van der Waals surface area contributed by atoms with Gasteiger partial charge in [0.15, 0.2) is 0 Å². The van der Waals surface area contributed by atoms with Gasteiger partial charge in [-0.15, -0.1) is 0 Å². The monoisotopic (exact) mass is 191 g/mol. The number of benzene rings is 1. The van der Waals surface area contributed by atoms with Crippen LogP contribution in [0.5, 0.6) is 0 Å². The van der Waals surface area contributed by atoms with Gasteiger partial charge in [-0.1, -0.05) is 18.2 Å². The maximum Gasteiger partial charge on any atom is 0.128 e. The van der Waals surface area contributed by atoms with Crippen molar-refractivity contribution in [3.8, 4) is 6.07 Å². The maximum absolute atomic E-state index is 13.4. The summed E-state index contributed by atoms with van der Waals surface area (Å²) in [4.78, 5) is 0. The smallest absolute Gasteiger partial charge is 0.128 e. The average Bonchev–Trinajstić information content (AvgIpc) is 2.14. The van der Waals surface area contributed by atoms with Gasteiger partial charge in [-0.25, -0.2) is 4.39 Å². The van der Waals surface area contributed by atoms with Crippen molar-refractivity contribution >= 4 is 0 Å². The van der Waals surface area contributed by atoms with Gasteiger partial charge in [0.05, 0.1) is 17.6 Å². The Morgan fingerprint density at radius 3 is 2.57 bits per heavy atom. The molecule has 3 heteroatoms. The predicted molar refractivity (Wildman–Crippen MR) is 48.9 cm³/mol. The van der Waals surface area contributed by atoms with Crippen LogP contribution in [0.1, 0.15) is 18.4 Å². The molecule has 1 aromatic carbocycles. The lowest BCUT2D eigenvalue weighted by atomic mass is 9.63. The van der Waals surface area contributed by atoms with Crippen molar-refractivity contribution in [1.82, 2.24) is 0 Å². The molecule has 1 aliphatic rings. The van der Waals surface area contributed by atoms with E-state index in [1.54, 1.807) is 18.2 Å². The molecular formula is C11H10FNO. The maximum atomic E-state index is 13.4. The Morgan fingerprint density at radius 1 is 1.43 bits per heavy atom. The molecule has 0 spiro atoms. The van der Waals surface area contributed by atoms with Gasteiger partial charge in [0.2, 0.25) is 0 Å². The number of nitriles is 1. The Hall–Kier alpha value is -1.40. The Balaban J connectivity index is 2.40. The summed E-state index contributed by atoms with van der Waals surface area (Å²) in [5.74, 6) is -0.360. The van der Waals surface area contributed by atoms with Gasteiger partial charge in [0.1, 0.15) is 5.82 Å². The Kier molecular flexibility index (Phi) is 2.01. The highest BCUT2D eigenvalue weighted by atomic mass is 19.1. The fourth-order valence-corrected chi connectivity index (χ4v) is 1.97. The van der Waals surface area contributed by atoms with Crippen LogP contribution in [-0.4, -0.2) is 11.2 Å². The van der Waals surface area contributed by atoms with Crippen molar-refractivity contribution < 1.29 is 9.50 Å². The first-order chi connectivity index (χ1) is 6.68. The Labute approximate surface area is 81.6 Å². The lowest BCUT2D eigenvalue weighted by Gasteiger charge is -2.40. The number of nitrogens with zero attached hydrogens (tertiary/aromatic N) is 1. The number of halogens is 1. The van der Waals surface area contributed by atoms with Gasteiger partial charge in [-0.2, -0.15) is 5.26 Å². The second kappa shape index (κ2) is 3.07. The van der Waals surface area contributed by atoms with E-state index in [-0.39, 0.29) is 5.82 Å². The van der Waals surface area contributed by atoms with Crippen LogP contribution in [0.2, 0.25) is 0 Å². The third-order valence-electron chi connectivity index (χ3n) is 2.77. The van der Waals surface area contributed by atoms with Gasteiger partial charge >= 0.3 is 0 Å². The van der Waals surface area contributed by atoms with E-state index in [1.807, 2.05) is 0 Å². The molecule has 2 rings (SSSR count). The minimum absolute atomic E-state index is 0.338. The van der Waals surface area contributed by atoms with E-state index in [0.29, 0.717) is 18.4 Å². The quantitative estimate of drug-likeness (QED) is 0.734. The van der Waals surface area contributed by atoms with Crippen LogP contribution in [0.4, 0.5) is 4.39 Å². The lowest BCUT2D eigenvalue weighted by Crippen LogP contribution is -2.44. The van der Waals surface area contributed by atoms with Crippen LogP contribution in [-0.2, 0) is 5.41 Å². The summed E-state index contributed by atoms with van der Waals surface area (Å²) in [5.41, 5.74) is -0.391. The topological polar surface area (TPSA) is 44.0 Å². The fraction of sp³-hybridized carbons (Fsp3) is 0.364. The molecule has 0 heterocycles. The minimum Gasteiger partial charge on any atom is -0.393 e. The molecule has 0 amide bonds. The molecule has 1 saturated carbocycles. The van der Waals surface area contributed by atoms with E-state index in [1.165, 1.54) is 6.07 Å². The van der Waals surface area contributed by atoms with Gasteiger partial charge in [-0.05, 0) is 18.9 Å². The van der Waals surface area contributed by atoms with Crippen molar-refractivity contribution in [2.24, 2.45) is 0 Å². The highest BCUT2D eigenvalue weighted by Crippen LogP contribution is 2.44. The third kappa shape index (κ3) is 1.19. The Morgan fingerprint density at radius 2 is 2.07 bits per heavy atom. The summed E-state index contributed by atoms with van der Waals surface area (Å²) in [5, 5.41) is 18.2. The van der Waals surface area contributed by atoms with E-state index in [2.05, 4.69) is 6.07 Å². The molecular weight excluding hydrogens is 181 g/mol. The number of rotatable bonds is 1. The average molecular weight is 191 g/mol. The zero-order chi connectivity index (χ0) is 10.2. The fourth-order valence-electron chi connectivity index (χ4n) is 1.97. The van der Waals surface area contributed by atoms with Crippen molar-refractivity contribution in [2.75, 3.05) is 0 Å². The van der Waals surface area contributed by atoms with Gasteiger partial charge in [-0.3, -0.25) is 0 Å². The summed E-state index contributed by atoms with van der Waals surface area (Å²) in [7, 11) is 0. The van der Waals surface area contributed by atoms with Crippen LogP contribution in [0.25, 0.3) is 0 Å². The van der Waals surface area contributed by atoms with Gasteiger partial charge < -0.3 is 5.11 Å². The number of aliphatic hydroxyl groups excluding tert-OH is 1. The largest absolute Gasteiger partial charge is 0.393 e. The molecule has 0 radical (unpaired) electrons. The first-order valence-electron chi connectivity index (χ1n) is 4.52. The molecule has 0 unspecified atom stereocenters. The van der Waals surface area contributed by atoms with Crippen LogP contribution in [0.15, 0.2) is 24.3 Å². The summed E-state index contributed by atoms with van der Waals surface area (Å²) < 4.78 is 13.4. The minimum atomic E-state index is -0.801. The molecule has 1 aliphatic carbocycles. The summed E-state index contributed by atoms with van der Waals surface area (Å²) in [6, 6.07) is 8.37. The molecule has 72 valence electrons. The number of hydrogen-bond acceptors (Lipinski definition) is 2. The highest BCUT2D eigenvalue weighted by Gasteiger charge is 2.46. The summed E-state index contributed by atoms with van der Waals surface area (Å²) >= 11 is 0. The van der Waals surface area contributed by atoms with Crippen molar-refractivity contribution in [3.63, 3.8) is 0 Å². The second-order valence-corrected chi connectivity index (χ2v) is 3.74. The molecule has 1 N–H and O–H groups in total. The predicted octanol–water partition coefficient (Wildman–Crippen LogP) is 1.74. The molecule has 0 aliphatic heterocycles. The molecule has 14 heavy (non-hydrogen) atoms. The van der Waals surface area contributed by atoms with E-state index in [4.69, 9.17) is 5.26 Å². The summed E-state index contributed by atoms with van der Waals surface area (Å²) in [6.45, 7) is 0. The molecule has 2 nitrogen and oxygen atoms in total. The standard InChI is InChI=1S/C11H10FNO/c12-10-4-2-1-3-9(10)11(7-13)5-8(14)6-11/h1-4,8,14H,5-6H2. The lowest BCUT2D eigenvalue weighted by molar-refractivity contribution is 0.0432. The van der Waals surface area contributed by atoms with E-state index in [0.717, 1.165) is 0 Å². The van der Waals surface area contributed by atoms with E-state index >= 15 is 0 Å². The molecule has 0 bridgehead atoms. The van der Waals surface area contributed by atoms with Crippen molar-refractivity contribution in [2.45, 2.75) is 24.4 Å². The normalized spacial score (nSPS) is 30.5. The zero-order valence-corrected chi connectivity index (χ0v) is 7.57. The molecule has 0 aromatic heterocycles.